The van der Waals surface area contributed by atoms with Crippen molar-refractivity contribution in [1.29, 1.82) is 0 Å². The van der Waals surface area contributed by atoms with Crippen LogP contribution in [0.4, 0.5) is 0 Å². The monoisotopic (exact) mass is 291 g/mol. The van der Waals surface area contributed by atoms with Gasteiger partial charge in [0.05, 0.1) is 12.3 Å². The smallest absolute Gasteiger partial charge is 0.343 e. The Labute approximate surface area is 122 Å². The van der Waals surface area contributed by atoms with Crippen molar-refractivity contribution in [3.05, 3.63) is 51.9 Å². The molecule has 0 amide bonds. The fraction of sp³-hybridized carbons (Fsp3) is 0.200. The molecular formula is C15H14ClNO3. The molecule has 0 saturated heterocycles. The SMILES string of the molecule is CCOC(=O)C1=C(O)/C(=C\c2cccc(Cl)c2)N=C1C. The molecule has 5 heteroatoms. The lowest BCUT2D eigenvalue weighted by Gasteiger charge is -2.02. The topological polar surface area (TPSA) is 58.9 Å². The minimum atomic E-state index is -0.569. The summed E-state index contributed by atoms with van der Waals surface area (Å²) in [5.74, 6) is -0.735. The van der Waals surface area contributed by atoms with Crippen molar-refractivity contribution in [2.75, 3.05) is 6.61 Å². The minimum absolute atomic E-state index is 0.111. The summed E-state index contributed by atoms with van der Waals surface area (Å²) >= 11 is 5.90. The lowest BCUT2D eigenvalue weighted by molar-refractivity contribution is -0.138. The Hall–Kier alpha value is -2.07. The van der Waals surface area contributed by atoms with Crippen LogP contribution < -0.4 is 0 Å². The first-order chi connectivity index (χ1) is 9.52. The molecule has 20 heavy (non-hydrogen) atoms. The number of hydrogen-bond donors (Lipinski definition) is 1. The largest absolute Gasteiger partial charge is 0.505 e. The molecule has 0 aliphatic carbocycles. The first kappa shape index (κ1) is 14.3. The molecule has 1 N–H and O–H groups in total. The zero-order valence-corrected chi connectivity index (χ0v) is 11.9. The molecule has 0 unspecified atom stereocenters. The van der Waals surface area contributed by atoms with E-state index in [0.717, 1.165) is 5.56 Å². The second-order valence-corrected chi connectivity index (χ2v) is 4.66. The Bertz CT molecular complexity index is 644. The van der Waals surface area contributed by atoms with E-state index in [9.17, 15) is 9.90 Å². The van der Waals surface area contributed by atoms with E-state index in [1.54, 1.807) is 38.1 Å². The molecule has 104 valence electrons. The van der Waals surface area contributed by atoms with Crippen LogP contribution in [0.3, 0.4) is 0 Å². The van der Waals surface area contributed by atoms with Crippen LogP contribution in [0.1, 0.15) is 19.4 Å². The van der Waals surface area contributed by atoms with Gasteiger partial charge in [-0.05, 0) is 37.6 Å². The van der Waals surface area contributed by atoms with Crippen molar-refractivity contribution in [3.8, 4) is 0 Å². The van der Waals surface area contributed by atoms with Gasteiger partial charge in [0.25, 0.3) is 0 Å². The van der Waals surface area contributed by atoms with Crippen LogP contribution in [0.15, 0.2) is 46.3 Å². The summed E-state index contributed by atoms with van der Waals surface area (Å²) in [7, 11) is 0. The lowest BCUT2D eigenvalue weighted by atomic mass is 10.1. The van der Waals surface area contributed by atoms with Gasteiger partial charge in [-0.15, -0.1) is 0 Å². The van der Waals surface area contributed by atoms with Gasteiger partial charge in [-0.3, -0.25) is 0 Å². The third-order valence-electron chi connectivity index (χ3n) is 2.76. The molecule has 0 spiro atoms. The summed E-state index contributed by atoms with van der Waals surface area (Å²) in [6.07, 6.45) is 1.66. The van der Waals surface area contributed by atoms with Gasteiger partial charge in [0, 0.05) is 5.02 Å². The predicted molar refractivity (Wildman–Crippen MR) is 78.8 cm³/mol. The van der Waals surface area contributed by atoms with Gasteiger partial charge in [-0.25, -0.2) is 9.79 Å². The zero-order chi connectivity index (χ0) is 14.7. The number of carbonyl (C=O) groups is 1. The summed E-state index contributed by atoms with van der Waals surface area (Å²) in [4.78, 5) is 15.9. The number of hydrogen-bond acceptors (Lipinski definition) is 4. The number of ether oxygens (including phenoxy) is 1. The maximum atomic E-state index is 11.7. The number of nitrogens with zero attached hydrogens (tertiary/aromatic N) is 1. The molecule has 1 aromatic rings. The maximum absolute atomic E-state index is 11.7. The van der Waals surface area contributed by atoms with Gasteiger partial charge in [0.15, 0.2) is 5.76 Å². The summed E-state index contributed by atoms with van der Waals surface area (Å²) in [6, 6.07) is 7.13. The number of aliphatic hydroxyl groups is 1. The number of halogens is 1. The van der Waals surface area contributed by atoms with E-state index in [0.29, 0.717) is 16.4 Å². The molecule has 0 aromatic heterocycles. The number of benzene rings is 1. The average molecular weight is 292 g/mol. The highest BCUT2D eigenvalue weighted by molar-refractivity contribution is 6.30. The Morgan fingerprint density at radius 1 is 1.50 bits per heavy atom. The molecular weight excluding hydrogens is 278 g/mol. The van der Waals surface area contributed by atoms with Gasteiger partial charge in [-0.1, -0.05) is 23.7 Å². The van der Waals surface area contributed by atoms with Gasteiger partial charge < -0.3 is 9.84 Å². The van der Waals surface area contributed by atoms with Gasteiger partial charge in [0.1, 0.15) is 11.3 Å². The van der Waals surface area contributed by atoms with Crippen LogP contribution in [0, 0.1) is 0 Å². The van der Waals surface area contributed by atoms with Crippen LogP contribution >= 0.6 is 11.6 Å². The fourth-order valence-corrected chi connectivity index (χ4v) is 2.09. The predicted octanol–water partition coefficient (Wildman–Crippen LogP) is 3.53. The highest BCUT2D eigenvalue weighted by Crippen LogP contribution is 2.26. The third kappa shape index (κ3) is 2.91. The summed E-state index contributed by atoms with van der Waals surface area (Å²) in [5.41, 5.74) is 1.67. The van der Waals surface area contributed by atoms with Crippen molar-refractivity contribution < 1.29 is 14.6 Å². The van der Waals surface area contributed by atoms with E-state index >= 15 is 0 Å². The molecule has 0 fully saturated rings. The van der Waals surface area contributed by atoms with E-state index in [1.165, 1.54) is 0 Å². The number of aliphatic imine (C=N–C) groups is 1. The molecule has 1 aliphatic rings. The molecule has 0 bridgehead atoms. The van der Waals surface area contributed by atoms with Crippen LogP contribution in [0.25, 0.3) is 6.08 Å². The summed E-state index contributed by atoms with van der Waals surface area (Å²) in [6.45, 7) is 3.61. The molecule has 0 radical (unpaired) electrons. The number of esters is 1. The van der Waals surface area contributed by atoms with Gasteiger partial charge in [0.2, 0.25) is 0 Å². The number of aliphatic hydroxyl groups excluding tert-OH is 1. The van der Waals surface area contributed by atoms with Crippen molar-refractivity contribution in [2.45, 2.75) is 13.8 Å². The second kappa shape index (κ2) is 5.92. The summed E-state index contributed by atoms with van der Waals surface area (Å²) in [5, 5.41) is 10.7. The normalized spacial score (nSPS) is 16.6. The Kier molecular flexibility index (Phi) is 4.25. The standard InChI is InChI=1S/C15H14ClNO3/c1-3-20-15(19)13-9(2)17-12(14(13)18)8-10-5-4-6-11(16)7-10/h4-8,18H,3H2,1-2H3/b12-8+. The molecule has 0 atom stereocenters. The Balaban J connectivity index is 2.38. The average Bonchev–Trinajstić information content (AvgIpc) is 2.65. The van der Waals surface area contributed by atoms with Crippen molar-refractivity contribution in [2.24, 2.45) is 4.99 Å². The van der Waals surface area contributed by atoms with E-state index in [-0.39, 0.29) is 17.9 Å². The van der Waals surface area contributed by atoms with Crippen LogP contribution in [0.2, 0.25) is 5.02 Å². The first-order valence-electron chi connectivity index (χ1n) is 6.16. The van der Waals surface area contributed by atoms with E-state index in [2.05, 4.69) is 4.99 Å². The zero-order valence-electron chi connectivity index (χ0n) is 11.2. The quantitative estimate of drug-likeness (QED) is 0.867. The Morgan fingerprint density at radius 2 is 2.25 bits per heavy atom. The minimum Gasteiger partial charge on any atom is -0.505 e. The van der Waals surface area contributed by atoms with Crippen molar-refractivity contribution in [1.82, 2.24) is 0 Å². The Morgan fingerprint density at radius 3 is 2.90 bits per heavy atom. The van der Waals surface area contributed by atoms with Crippen molar-refractivity contribution in [3.63, 3.8) is 0 Å². The highest BCUT2D eigenvalue weighted by Gasteiger charge is 2.27. The van der Waals surface area contributed by atoms with Crippen LogP contribution in [-0.2, 0) is 9.53 Å². The van der Waals surface area contributed by atoms with Gasteiger partial charge >= 0.3 is 5.97 Å². The van der Waals surface area contributed by atoms with E-state index in [1.807, 2.05) is 6.07 Å². The molecule has 1 aromatic carbocycles. The molecule has 1 heterocycles. The van der Waals surface area contributed by atoms with Crippen molar-refractivity contribution >= 4 is 29.4 Å². The second-order valence-electron chi connectivity index (χ2n) is 4.23. The number of rotatable bonds is 3. The lowest BCUT2D eigenvalue weighted by Crippen LogP contribution is -2.13. The fourth-order valence-electron chi connectivity index (χ4n) is 1.89. The van der Waals surface area contributed by atoms with E-state index in [4.69, 9.17) is 16.3 Å². The molecule has 1 aliphatic heterocycles. The van der Waals surface area contributed by atoms with Crippen LogP contribution in [0.5, 0.6) is 0 Å². The third-order valence-corrected chi connectivity index (χ3v) is 3.00. The molecule has 2 rings (SSSR count). The number of carbonyl (C=O) groups excluding carboxylic acids is 1. The maximum Gasteiger partial charge on any atom is 0.343 e. The van der Waals surface area contributed by atoms with Gasteiger partial charge in [-0.2, -0.15) is 0 Å². The molecule has 4 nitrogen and oxygen atoms in total. The van der Waals surface area contributed by atoms with E-state index < -0.39 is 5.97 Å². The first-order valence-corrected chi connectivity index (χ1v) is 6.54. The molecule has 0 saturated carbocycles. The van der Waals surface area contributed by atoms with Crippen LogP contribution in [-0.4, -0.2) is 23.4 Å². The highest BCUT2D eigenvalue weighted by atomic mass is 35.5. The summed E-state index contributed by atoms with van der Waals surface area (Å²) < 4.78 is 4.90.